The van der Waals surface area contributed by atoms with E-state index in [-0.39, 0.29) is 11.4 Å². The Balaban J connectivity index is 1.42. The van der Waals surface area contributed by atoms with Crippen molar-refractivity contribution in [2.45, 2.75) is 25.8 Å². The van der Waals surface area contributed by atoms with Gasteiger partial charge in [0.1, 0.15) is 28.6 Å². The summed E-state index contributed by atoms with van der Waals surface area (Å²) in [6.07, 6.45) is 0.723. The zero-order chi connectivity index (χ0) is 21.2. The summed E-state index contributed by atoms with van der Waals surface area (Å²) >= 11 is 1.44. The fourth-order valence-corrected chi connectivity index (χ4v) is 5.29. The van der Waals surface area contributed by atoms with E-state index in [1.54, 1.807) is 0 Å². The minimum absolute atomic E-state index is 0.0421. The highest BCUT2D eigenvalue weighted by molar-refractivity contribution is 7.17. The minimum Gasteiger partial charge on any atom is -0.490 e. The van der Waals surface area contributed by atoms with Gasteiger partial charge in [0, 0.05) is 22.9 Å². The van der Waals surface area contributed by atoms with Crippen LogP contribution in [0.3, 0.4) is 0 Å². The number of para-hydroxylation sites is 1. The summed E-state index contributed by atoms with van der Waals surface area (Å²) in [5.41, 5.74) is 3.37. The van der Waals surface area contributed by atoms with Crippen molar-refractivity contribution in [2.24, 2.45) is 0 Å². The number of thiazole rings is 1. The Morgan fingerprint density at radius 2 is 2.03 bits per heavy atom. The number of rotatable bonds is 2. The maximum atomic E-state index is 12.6. The molecule has 1 N–H and O–H groups in total. The molecule has 0 aliphatic carbocycles. The van der Waals surface area contributed by atoms with Crippen LogP contribution in [0.25, 0.3) is 22.3 Å². The standard InChI is InChI=1S/C24H21N3O3S/c1-24(2)13-16-21(22(28)26-24)31-23(25-16)27-9-10-29-19-8-7-15(11-17(19)27)20-12-14-5-3-4-6-18(14)30-20/h3-8,11-12H,9-10,13H2,1-2H3,(H,26,28). The lowest BCUT2D eigenvalue weighted by Crippen LogP contribution is -2.48. The molecule has 7 heteroatoms. The molecule has 31 heavy (non-hydrogen) atoms. The van der Waals surface area contributed by atoms with Crippen molar-refractivity contribution in [3.05, 3.63) is 59.1 Å². The summed E-state index contributed by atoms with van der Waals surface area (Å²) in [4.78, 5) is 20.3. The summed E-state index contributed by atoms with van der Waals surface area (Å²) in [6.45, 7) is 5.29. The summed E-state index contributed by atoms with van der Waals surface area (Å²) in [7, 11) is 0. The molecule has 0 saturated carbocycles. The second kappa shape index (κ2) is 6.59. The first-order chi connectivity index (χ1) is 15.0. The molecule has 2 aliphatic rings. The summed E-state index contributed by atoms with van der Waals surface area (Å²) in [5.74, 6) is 1.58. The number of hydrogen-bond acceptors (Lipinski definition) is 6. The largest absolute Gasteiger partial charge is 0.490 e. The molecule has 0 bridgehead atoms. The fourth-order valence-electron chi connectivity index (χ4n) is 4.27. The number of fused-ring (bicyclic) bond motifs is 3. The Hall–Kier alpha value is -3.32. The van der Waals surface area contributed by atoms with Crippen molar-refractivity contribution in [2.75, 3.05) is 18.1 Å². The van der Waals surface area contributed by atoms with Crippen LogP contribution in [-0.4, -0.2) is 29.6 Å². The van der Waals surface area contributed by atoms with Gasteiger partial charge >= 0.3 is 0 Å². The molecule has 4 aromatic rings. The number of aromatic nitrogens is 1. The lowest BCUT2D eigenvalue weighted by molar-refractivity contribution is 0.0901. The maximum absolute atomic E-state index is 12.6. The molecule has 0 radical (unpaired) electrons. The Labute approximate surface area is 183 Å². The van der Waals surface area contributed by atoms with Gasteiger partial charge in [0.15, 0.2) is 5.13 Å². The number of ether oxygens (including phenoxy) is 1. The maximum Gasteiger partial charge on any atom is 0.263 e. The van der Waals surface area contributed by atoms with Crippen LogP contribution in [0.1, 0.15) is 29.2 Å². The molecular formula is C24H21N3O3S. The zero-order valence-electron chi connectivity index (χ0n) is 17.3. The van der Waals surface area contributed by atoms with Gasteiger partial charge in [0.25, 0.3) is 5.91 Å². The number of anilines is 2. The van der Waals surface area contributed by atoms with E-state index >= 15 is 0 Å². The van der Waals surface area contributed by atoms with Gasteiger partial charge in [0.2, 0.25) is 0 Å². The van der Waals surface area contributed by atoms with E-state index in [0.717, 1.165) is 51.0 Å². The van der Waals surface area contributed by atoms with Crippen LogP contribution in [-0.2, 0) is 6.42 Å². The third kappa shape index (κ3) is 3.08. The number of benzene rings is 2. The molecule has 156 valence electrons. The van der Waals surface area contributed by atoms with E-state index in [9.17, 15) is 4.79 Å². The van der Waals surface area contributed by atoms with E-state index in [2.05, 4.69) is 22.3 Å². The average molecular weight is 432 g/mol. The Bertz CT molecular complexity index is 1300. The van der Waals surface area contributed by atoms with E-state index in [1.807, 2.05) is 50.2 Å². The lowest BCUT2D eigenvalue weighted by atomic mass is 9.94. The zero-order valence-corrected chi connectivity index (χ0v) is 18.1. The molecule has 0 spiro atoms. The molecule has 0 atom stereocenters. The third-order valence-electron chi connectivity index (χ3n) is 5.72. The Morgan fingerprint density at radius 1 is 1.16 bits per heavy atom. The van der Waals surface area contributed by atoms with Gasteiger partial charge < -0.3 is 19.4 Å². The smallest absolute Gasteiger partial charge is 0.263 e. The van der Waals surface area contributed by atoms with Crippen LogP contribution >= 0.6 is 11.3 Å². The first kappa shape index (κ1) is 18.4. The predicted octanol–water partition coefficient (Wildman–Crippen LogP) is 5.15. The minimum atomic E-state index is -0.285. The second-order valence-corrected chi connectivity index (χ2v) is 9.60. The van der Waals surface area contributed by atoms with E-state index < -0.39 is 0 Å². The number of nitrogens with zero attached hydrogens (tertiary/aromatic N) is 2. The van der Waals surface area contributed by atoms with E-state index in [1.165, 1.54) is 11.3 Å². The molecule has 6 nitrogen and oxygen atoms in total. The van der Waals surface area contributed by atoms with Crippen LogP contribution in [0.15, 0.2) is 52.9 Å². The SMILES string of the molecule is CC1(C)Cc2nc(N3CCOc4ccc(-c5cc6ccccc6o5)cc43)sc2C(=O)N1. The van der Waals surface area contributed by atoms with Crippen molar-refractivity contribution in [3.63, 3.8) is 0 Å². The number of furan rings is 1. The van der Waals surface area contributed by atoms with E-state index in [0.29, 0.717) is 18.0 Å². The first-order valence-electron chi connectivity index (χ1n) is 10.3. The van der Waals surface area contributed by atoms with Crippen LogP contribution in [0, 0.1) is 0 Å². The third-order valence-corrected chi connectivity index (χ3v) is 6.84. The highest BCUT2D eigenvalue weighted by Gasteiger charge is 2.34. The van der Waals surface area contributed by atoms with Crippen LogP contribution in [0.4, 0.5) is 10.8 Å². The molecule has 0 fully saturated rings. The topological polar surface area (TPSA) is 67.6 Å². The van der Waals surface area contributed by atoms with Crippen molar-refractivity contribution in [3.8, 4) is 17.1 Å². The molecular weight excluding hydrogens is 410 g/mol. The molecule has 6 rings (SSSR count). The number of amides is 1. The molecule has 4 heterocycles. The monoisotopic (exact) mass is 431 g/mol. The van der Waals surface area contributed by atoms with E-state index in [4.69, 9.17) is 14.1 Å². The number of carbonyl (C=O) groups excluding carboxylic acids is 1. The number of hydrogen-bond donors (Lipinski definition) is 1. The average Bonchev–Trinajstić information content (AvgIpc) is 3.36. The molecule has 2 aliphatic heterocycles. The van der Waals surface area contributed by atoms with Crippen molar-refractivity contribution in [1.82, 2.24) is 10.3 Å². The van der Waals surface area contributed by atoms with Gasteiger partial charge in [-0.3, -0.25) is 4.79 Å². The highest BCUT2D eigenvalue weighted by atomic mass is 32.1. The Kier molecular flexibility index (Phi) is 3.92. The van der Waals surface area contributed by atoms with Crippen LogP contribution in [0.2, 0.25) is 0 Å². The van der Waals surface area contributed by atoms with Gasteiger partial charge in [-0.2, -0.15) is 0 Å². The lowest BCUT2D eigenvalue weighted by Gasteiger charge is -2.29. The van der Waals surface area contributed by atoms with Crippen molar-refractivity contribution >= 4 is 39.0 Å². The molecule has 2 aromatic heterocycles. The van der Waals surface area contributed by atoms with Crippen LogP contribution < -0.4 is 15.0 Å². The molecule has 1 amide bonds. The fraction of sp³-hybridized carbons (Fsp3) is 0.250. The normalized spacial score (nSPS) is 17.1. The van der Waals surface area contributed by atoms with Gasteiger partial charge in [-0.25, -0.2) is 4.98 Å². The summed E-state index contributed by atoms with van der Waals surface area (Å²) in [5, 5.41) is 4.96. The number of nitrogens with one attached hydrogen (secondary N) is 1. The number of carbonyl (C=O) groups is 1. The molecule has 2 aromatic carbocycles. The molecule has 0 unspecified atom stereocenters. The van der Waals surface area contributed by atoms with Gasteiger partial charge in [-0.1, -0.05) is 29.5 Å². The predicted molar refractivity (Wildman–Crippen MR) is 122 cm³/mol. The van der Waals surface area contributed by atoms with Crippen molar-refractivity contribution < 1.29 is 13.9 Å². The summed E-state index contributed by atoms with van der Waals surface area (Å²) in [6, 6.07) is 16.1. The van der Waals surface area contributed by atoms with Gasteiger partial charge in [0.05, 0.1) is 17.9 Å². The Morgan fingerprint density at radius 3 is 2.90 bits per heavy atom. The highest BCUT2D eigenvalue weighted by Crippen LogP contribution is 2.43. The van der Waals surface area contributed by atoms with Crippen molar-refractivity contribution in [1.29, 1.82) is 0 Å². The van der Waals surface area contributed by atoms with Gasteiger partial charge in [-0.15, -0.1) is 0 Å². The molecule has 0 saturated heterocycles. The van der Waals surface area contributed by atoms with Gasteiger partial charge in [-0.05, 0) is 44.2 Å². The summed E-state index contributed by atoms with van der Waals surface area (Å²) < 4.78 is 12.0. The van der Waals surface area contributed by atoms with Crippen LogP contribution in [0.5, 0.6) is 5.75 Å². The first-order valence-corrected chi connectivity index (χ1v) is 11.1. The second-order valence-electron chi connectivity index (χ2n) is 8.62. The quantitative estimate of drug-likeness (QED) is 0.475.